The summed E-state index contributed by atoms with van der Waals surface area (Å²) in [6.45, 7) is 2.75. The number of nitrogens with zero attached hydrogens (tertiary/aromatic N) is 1. The second kappa shape index (κ2) is 8.47. The zero-order valence-corrected chi connectivity index (χ0v) is 12.9. The molecule has 1 fully saturated rings. The monoisotopic (exact) mass is 323 g/mol. The average Bonchev–Trinajstić information content (AvgIpc) is 2.51. The van der Waals surface area contributed by atoms with E-state index in [9.17, 15) is 14.0 Å². The van der Waals surface area contributed by atoms with Crippen molar-refractivity contribution in [1.82, 2.24) is 10.2 Å². The minimum Gasteiger partial charge on any atom is -0.481 e. The number of rotatable bonds is 6. The van der Waals surface area contributed by atoms with Gasteiger partial charge in [-0.05, 0) is 43.5 Å². The zero-order valence-electron chi connectivity index (χ0n) is 12.9. The molecule has 0 saturated carbocycles. The molecule has 6 nitrogen and oxygen atoms in total. The number of likely N-dealkylation sites (tertiary alicyclic amines) is 1. The first kappa shape index (κ1) is 17.2. The summed E-state index contributed by atoms with van der Waals surface area (Å²) in [5, 5.41) is 14.1. The third-order valence-electron chi connectivity index (χ3n) is 3.88. The number of carbonyl (C=O) groups is 2. The van der Waals surface area contributed by atoms with Crippen LogP contribution in [-0.2, 0) is 4.79 Å². The molecule has 23 heavy (non-hydrogen) atoms. The van der Waals surface area contributed by atoms with Crippen LogP contribution < -0.4 is 10.6 Å². The number of carboxylic acids is 1. The molecule has 0 aromatic heterocycles. The van der Waals surface area contributed by atoms with Crippen LogP contribution in [0.4, 0.5) is 14.9 Å². The van der Waals surface area contributed by atoms with Gasteiger partial charge in [0.05, 0.1) is 6.42 Å². The highest BCUT2D eigenvalue weighted by Gasteiger charge is 2.20. The van der Waals surface area contributed by atoms with Gasteiger partial charge < -0.3 is 20.6 Å². The number of piperidine rings is 1. The molecule has 1 atom stereocenters. The second-order valence-corrected chi connectivity index (χ2v) is 5.80. The van der Waals surface area contributed by atoms with Crippen molar-refractivity contribution >= 4 is 17.7 Å². The number of carboxylic acid groups (broad SMARTS) is 1. The Balaban J connectivity index is 1.72. The Labute approximate surface area is 134 Å². The number of hydrogen-bond acceptors (Lipinski definition) is 3. The van der Waals surface area contributed by atoms with Gasteiger partial charge in [-0.3, -0.25) is 4.79 Å². The van der Waals surface area contributed by atoms with Crippen molar-refractivity contribution in [3.8, 4) is 0 Å². The largest absolute Gasteiger partial charge is 0.481 e. The molecule has 2 amide bonds. The highest BCUT2D eigenvalue weighted by molar-refractivity contribution is 5.89. The summed E-state index contributed by atoms with van der Waals surface area (Å²) >= 11 is 0. The van der Waals surface area contributed by atoms with E-state index in [4.69, 9.17) is 5.11 Å². The second-order valence-electron chi connectivity index (χ2n) is 5.80. The molecule has 1 aliphatic rings. The normalized spacial score (nSPS) is 18.4. The summed E-state index contributed by atoms with van der Waals surface area (Å²) in [7, 11) is 0. The number of halogens is 1. The molecule has 1 saturated heterocycles. The average molecular weight is 323 g/mol. The predicted octanol–water partition coefficient (Wildman–Crippen LogP) is 2.13. The van der Waals surface area contributed by atoms with Crippen LogP contribution in [0.15, 0.2) is 24.3 Å². The van der Waals surface area contributed by atoms with Gasteiger partial charge in [0.2, 0.25) is 0 Å². The van der Waals surface area contributed by atoms with Crippen LogP contribution >= 0.6 is 0 Å². The van der Waals surface area contributed by atoms with Gasteiger partial charge >= 0.3 is 12.0 Å². The first-order valence-corrected chi connectivity index (χ1v) is 7.77. The quantitative estimate of drug-likeness (QED) is 0.749. The maximum Gasteiger partial charge on any atom is 0.319 e. The molecule has 3 N–H and O–H groups in total. The number of urea groups is 1. The van der Waals surface area contributed by atoms with E-state index in [0.29, 0.717) is 24.7 Å². The SMILES string of the molecule is O=C(O)CCN1CCCC(CNC(=O)Nc2cccc(F)c2)C1. The first-order valence-electron chi connectivity index (χ1n) is 7.77. The Bertz CT molecular complexity index is 553. The van der Waals surface area contributed by atoms with E-state index in [1.165, 1.54) is 18.2 Å². The van der Waals surface area contributed by atoms with E-state index in [0.717, 1.165) is 25.9 Å². The van der Waals surface area contributed by atoms with E-state index in [1.807, 2.05) is 0 Å². The summed E-state index contributed by atoms with van der Waals surface area (Å²) in [4.78, 5) is 24.6. The van der Waals surface area contributed by atoms with Crippen molar-refractivity contribution < 1.29 is 19.1 Å². The van der Waals surface area contributed by atoms with Gasteiger partial charge in [-0.15, -0.1) is 0 Å². The lowest BCUT2D eigenvalue weighted by atomic mass is 9.98. The molecule has 0 bridgehead atoms. The fraction of sp³-hybridized carbons (Fsp3) is 0.500. The van der Waals surface area contributed by atoms with Gasteiger partial charge in [0.15, 0.2) is 0 Å². The van der Waals surface area contributed by atoms with Crippen molar-refractivity contribution in [2.45, 2.75) is 19.3 Å². The van der Waals surface area contributed by atoms with Crippen LogP contribution in [0, 0.1) is 11.7 Å². The number of hydrogen-bond donors (Lipinski definition) is 3. The Morgan fingerprint density at radius 3 is 2.96 bits per heavy atom. The van der Waals surface area contributed by atoms with Gasteiger partial charge in [-0.1, -0.05) is 6.07 Å². The maximum atomic E-state index is 13.0. The molecular weight excluding hydrogens is 301 g/mol. The Morgan fingerprint density at radius 2 is 2.22 bits per heavy atom. The van der Waals surface area contributed by atoms with Gasteiger partial charge in [0.1, 0.15) is 5.82 Å². The molecule has 1 unspecified atom stereocenters. The van der Waals surface area contributed by atoms with Crippen LogP contribution in [0.5, 0.6) is 0 Å². The molecular formula is C16H22FN3O3. The highest BCUT2D eigenvalue weighted by atomic mass is 19.1. The van der Waals surface area contributed by atoms with Crippen molar-refractivity contribution in [3.63, 3.8) is 0 Å². The van der Waals surface area contributed by atoms with E-state index >= 15 is 0 Å². The zero-order chi connectivity index (χ0) is 16.7. The number of carbonyl (C=O) groups excluding carboxylic acids is 1. The Hall–Kier alpha value is -2.15. The van der Waals surface area contributed by atoms with Crippen LogP contribution in [0.25, 0.3) is 0 Å². The number of amides is 2. The fourth-order valence-electron chi connectivity index (χ4n) is 2.75. The number of anilines is 1. The van der Waals surface area contributed by atoms with E-state index in [-0.39, 0.29) is 12.5 Å². The molecule has 0 spiro atoms. The summed E-state index contributed by atoms with van der Waals surface area (Å²) in [6.07, 6.45) is 2.14. The van der Waals surface area contributed by atoms with E-state index in [1.54, 1.807) is 6.07 Å². The molecule has 1 aromatic rings. The minimum atomic E-state index is -0.792. The highest BCUT2D eigenvalue weighted by Crippen LogP contribution is 2.16. The molecule has 126 valence electrons. The smallest absolute Gasteiger partial charge is 0.319 e. The standard InChI is InChI=1S/C16H22FN3O3/c17-13-4-1-5-14(9-13)19-16(23)18-10-12-3-2-7-20(11-12)8-6-15(21)22/h1,4-5,9,12H,2-3,6-8,10-11H2,(H,21,22)(H2,18,19,23). The topological polar surface area (TPSA) is 81.7 Å². The fourth-order valence-corrected chi connectivity index (χ4v) is 2.75. The van der Waals surface area contributed by atoms with Gasteiger partial charge in [0, 0.05) is 25.3 Å². The van der Waals surface area contributed by atoms with Gasteiger partial charge in [-0.2, -0.15) is 0 Å². The van der Waals surface area contributed by atoms with Crippen molar-refractivity contribution in [2.24, 2.45) is 5.92 Å². The third kappa shape index (κ3) is 6.23. The summed E-state index contributed by atoms with van der Waals surface area (Å²) in [6, 6.07) is 5.37. The summed E-state index contributed by atoms with van der Waals surface area (Å²) in [5.41, 5.74) is 0.411. The summed E-state index contributed by atoms with van der Waals surface area (Å²) in [5.74, 6) is -0.889. The van der Waals surface area contributed by atoms with Gasteiger partial charge in [0.25, 0.3) is 0 Å². The lowest BCUT2D eigenvalue weighted by molar-refractivity contribution is -0.137. The van der Waals surface area contributed by atoms with E-state index < -0.39 is 11.8 Å². The van der Waals surface area contributed by atoms with Crippen LogP contribution in [0.1, 0.15) is 19.3 Å². The number of aliphatic carboxylic acids is 1. The van der Waals surface area contributed by atoms with Crippen LogP contribution in [-0.4, -0.2) is 48.2 Å². The molecule has 2 rings (SSSR count). The van der Waals surface area contributed by atoms with Crippen molar-refractivity contribution in [1.29, 1.82) is 0 Å². The minimum absolute atomic E-state index is 0.139. The molecule has 0 aliphatic carbocycles. The lowest BCUT2D eigenvalue weighted by Gasteiger charge is -2.32. The number of nitrogens with one attached hydrogen (secondary N) is 2. The molecule has 1 heterocycles. The van der Waals surface area contributed by atoms with Crippen molar-refractivity contribution in [2.75, 3.05) is 31.5 Å². The molecule has 1 aromatic carbocycles. The van der Waals surface area contributed by atoms with Crippen LogP contribution in [0.2, 0.25) is 0 Å². The van der Waals surface area contributed by atoms with Crippen LogP contribution in [0.3, 0.4) is 0 Å². The molecule has 7 heteroatoms. The third-order valence-corrected chi connectivity index (χ3v) is 3.88. The molecule has 0 radical (unpaired) electrons. The molecule has 1 aliphatic heterocycles. The summed E-state index contributed by atoms with van der Waals surface area (Å²) < 4.78 is 13.0. The number of benzene rings is 1. The Kier molecular flexibility index (Phi) is 6.34. The van der Waals surface area contributed by atoms with Gasteiger partial charge in [-0.25, -0.2) is 9.18 Å². The first-order chi connectivity index (χ1) is 11.0. The Morgan fingerprint density at radius 1 is 1.39 bits per heavy atom. The maximum absolute atomic E-state index is 13.0. The van der Waals surface area contributed by atoms with Crippen molar-refractivity contribution in [3.05, 3.63) is 30.1 Å². The van der Waals surface area contributed by atoms with E-state index in [2.05, 4.69) is 15.5 Å². The lowest BCUT2D eigenvalue weighted by Crippen LogP contribution is -2.42. The predicted molar refractivity (Wildman–Crippen MR) is 84.8 cm³/mol.